The van der Waals surface area contributed by atoms with E-state index >= 15 is 0 Å². The van der Waals surface area contributed by atoms with Crippen LogP contribution in [0.25, 0.3) is 43.6 Å². The molecule has 4 aromatic carbocycles. The SMILES string of the molecule is Cc1ccc2nc3ccc(C)cc3c(NCCNCCNc3c4cc(C)ccc4nc4ccc(C)cc34)c2c1. The zero-order chi connectivity index (χ0) is 26.9. The Morgan fingerprint density at radius 3 is 1.05 bits per heavy atom. The van der Waals surface area contributed by atoms with Gasteiger partial charge in [0.25, 0.3) is 0 Å². The zero-order valence-corrected chi connectivity index (χ0v) is 23.2. The number of pyridine rings is 2. The molecule has 5 heteroatoms. The Kier molecular flexibility index (Phi) is 6.76. The third-order valence-corrected chi connectivity index (χ3v) is 7.37. The van der Waals surface area contributed by atoms with Gasteiger partial charge in [-0.3, -0.25) is 0 Å². The van der Waals surface area contributed by atoms with E-state index in [1.54, 1.807) is 0 Å². The van der Waals surface area contributed by atoms with Crippen LogP contribution >= 0.6 is 0 Å². The maximum Gasteiger partial charge on any atom is 0.0730 e. The van der Waals surface area contributed by atoms with Crippen LogP contribution in [0.15, 0.2) is 72.8 Å². The predicted octanol–water partition coefficient (Wildman–Crippen LogP) is 7.44. The number of rotatable bonds is 8. The standard InChI is InChI=1S/C34H35N5/c1-21-5-9-29-25(17-21)33(26-18-22(2)6-10-30(26)38-29)36-15-13-35-14-16-37-34-27-19-23(3)7-11-31(27)39-32-12-8-24(4)20-28(32)34/h5-12,17-20,35H,13-16H2,1-4H3,(H,36,38)(H,37,39). The van der Waals surface area contributed by atoms with Crippen molar-refractivity contribution in [2.45, 2.75) is 27.7 Å². The van der Waals surface area contributed by atoms with E-state index in [2.05, 4.69) is 116 Å². The number of hydrogen-bond donors (Lipinski definition) is 3. The number of aromatic nitrogens is 2. The van der Waals surface area contributed by atoms with Crippen LogP contribution in [-0.2, 0) is 0 Å². The summed E-state index contributed by atoms with van der Waals surface area (Å²) in [6, 6.07) is 25.9. The zero-order valence-electron chi connectivity index (χ0n) is 23.2. The van der Waals surface area contributed by atoms with Crippen molar-refractivity contribution in [1.82, 2.24) is 15.3 Å². The van der Waals surface area contributed by atoms with Gasteiger partial charge in [0.1, 0.15) is 0 Å². The average molecular weight is 514 g/mol. The minimum atomic E-state index is 0.829. The maximum atomic E-state index is 4.90. The first kappa shape index (κ1) is 25.1. The van der Waals surface area contributed by atoms with Crippen LogP contribution in [0.5, 0.6) is 0 Å². The second kappa shape index (κ2) is 10.5. The van der Waals surface area contributed by atoms with Crippen molar-refractivity contribution in [3.63, 3.8) is 0 Å². The molecule has 0 aliphatic carbocycles. The van der Waals surface area contributed by atoms with Gasteiger partial charge in [0.15, 0.2) is 0 Å². The van der Waals surface area contributed by atoms with Gasteiger partial charge in [-0.2, -0.15) is 0 Å². The molecule has 3 N–H and O–H groups in total. The molecule has 0 aliphatic heterocycles. The molecule has 2 heterocycles. The molecule has 0 spiro atoms. The van der Waals surface area contributed by atoms with Crippen molar-refractivity contribution in [3.05, 3.63) is 95.1 Å². The summed E-state index contributed by atoms with van der Waals surface area (Å²) < 4.78 is 0. The van der Waals surface area contributed by atoms with E-state index < -0.39 is 0 Å². The van der Waals surface area contributed by atoms with E-state index in [-0.39, 0.29) is 0 Å². The summed E-state index contributed by atoms with van der Waals surface area (Å²) in [7, 11) is 0. The lowest BCUT2D eigenvalue weighted by Crippen LogP contribution is -2.27. The van der Waals surface area contributed by atoms with Crippen molar-refractivity contribution in [1.29, 1.82) is 0 Å². The Hall–Kier alpha value is -4.22. The summed E-state index contributed by atoms with van der Waals surface area (Å²) in [6.07, 6.45) is 0. The van der Waals surface area contributed by atoms with Crippen molar-refractivity contribution < 1.29 is 0 Å². The number of hydrogen-bond acceptors (Lipinski definition) is 5. The highest BCUT2D eigenvalue weighted by Gasteiger charge is 2.11. The van der Waals surface area contributed by atoms with E-state index in [0.29, 0.717) is 0 Å². The molecule has 0 saturated heterocycles. The molecule has 0 atom stereocenters. The molecule has 39 heavy (non-hydrogen) atoms. The Balaban J connectivity index is 1.14. The highest BCUT2D eigenvalue weighted by Crippen LogP contribution is 2.33. The molecule has 6 rings (SSSR count). The second-order valence-electron chi connectivity index (χ2n) is 10.7. The van der Waals surface area contributed by atoms with Crippen molar-refractivity contribution in [3.8, 4) is 0 Å². The number of anilines is 2. The fourth-order valence-corrected chi connectivity index (χ4v) is 5.40. The highest BCUT2D eigenvalue weighted by atomic mass is 15.0. The van der Waals surface area contributed by atoms with E-state index in [1.807, 2.05) is 0 Å². The first-order valence-electron chi connectivity index (χ1n) is 13.8. The molecular weight excluding hydrogens is 478 g/mol. The first-order chi connectivity index (χ1) is 19.0. The summed E-state index contributed by atoms with van der Waals surface area (Å²) in [5.74, 6) is 0. The van der Waals surface area contributed by atoms with Gasteiger partial charge in [-0.15, -0.1) is 0 Å². The molecule has 0 fully saturated rings. The maximum absolute atomic E-state index is 4.90. The van der Waals surface area contributed by atoms with Gasteiger partial charge >= 0.3 is 0 Å². The molecule has 0 aliphatic rings. The molecule has 0 amide bonds. The lowest BCUT2D eigenvalue weighted by molar-refractivity contribution is 0.720. The quantitative estimate of drug-likeness (QED) is 0.146. The number of benzene rings is 4. The lowest BCUT2D eigenvalue weighted by atomic mass is 10.0. The van der Waals surface area contributed by atoms with Crippen LogP contribution in [-0.4, -0.2) is 36.1 Å². The van der Waals surface area contributed by atoms with Gasteiger partial charge in [0.05, 0.1) is 33.4 Å². The topological polar surface area (TPSA) is 61.9 Å². The number of aryl methyl sites for hydroxylation is 4. The minimum absolute atomic E-state index is 0.829. The Bertz CT molecular complexity index is 1580. The van der Waals surface area contributed by atoms with Crippen molar-refractivity contribution >= 4 is 55.0 Å². The van der Waals surface area contributed by atoms with Crippen LogP contribution in [0.3, 0.4) is 0 Å². The normalized spacial score (nSPS) is 11.6. The largest absolute Gasteiger partial charge is 0.383 e. The van der Waals surface area contributed by atoms with Gasteiger partial charge < -0.3 is 16.0 Å². The molecule has 0 radical (unpaired) electrons. The predicted molar refractivity (Wildman–Crippen MR) is 167 cm³/mol. The fraction of sp³-hybridized carbons (Fsp3) is 0.235. The van der Waals surface area contributed by atoms with Gasteiger partial charge in [-0.1, -0.05) is 46.5 Å². The molecule has 0 saturated carbocycles. The van der Waals surface area contributed by atoms with Gasteiger partial charge in [0, 0.05) is 47.7 Å². The third-order valence-electron chi connectivity index (χ3n) is 7.37. The highest BCUT2D eigenvalue weighted by molar-refractivity contribution is 6.08. The number of fused-ring (bicyclic) bond motifs is 4. The fourth-order valence-electron chi connectivity index (χ4n) is 5.40. The molecule has 196 valence electrons. The smallest absolute Gasteiger partial charge is 0.0730 e. The molecule has 0 bridgehead atoms. The summed E-state index contributed by atoms with van der Waals surface area (Å²) in [5.41, 5.74) is 11.4. The molecule has 0 unspecified atom stereocenters. The van der Waals surface area contributed by atoms with Crippen LogP contribution in [0, 0.1) is 27.7 Å². The van der Waals surface area contributed by atoms with Crippen molar-refractivity contribution in [2.75, 3.05) is 36.8 Å². The van der Waals surface area contributed by atoms with Gasteiger partial charge in [-0.05, 0) is 76.2 Å². The molecule has 5 nitrogen and oxygen atoms in total. The van der Waals surface area contributed by atoms with E-state index in [1.165, 1.54) is 55.2 Å². The first-order valence-corrected chi connectivity index (χ1v) is 13.8. The summed E-state index contributed by atoms with van der Waals surface area (Å²) in [6.45, 7) is 11.9. The van der Waals surface area contributed by atoms with E-state index in [0.717, 1.165) is 48.2 Å². The van der Waals surface area contributed by atoms with Gasteiger partial charge in [0.2, 0.25) is 0 Å². The minimum Gasteiger partial charge on any atom is -0.383 e. The molecule has 2 aromatic heterocycles. The second-order valence-corrected chi connectivity index (χ2v) is 10.7. The average Bonchev–Trinajstić information content (AvgIpc) is 2.92. The Morgan fingerprint density at radius 2 is 0.744 bits per heavy atom. The van der Waals surface area contributed by atoms with Crippen LogP contribution in [0.4, 0.5) is 11.4 Å². The Labute approximate surface area is 229 Å². The van der Waals surface area contributed by atoms with Gasteiger partial charge in [-0.25, -0.2) is 9.97 Å². The van der Waals surface area contributed by atoms with Crippen molar-refractivity contribution in [2.24, 2.45) is 0 Å². The monoisotopic (exact) mass is 513 g/mol. The Morgan fingerprint density at radius 1 is 0.436 bits per heavy atom. The summed E-state index contributed by atoms with van der Waals surface area (Å²) >= 11 is 0. The van der Waals surface area contributed by atoms with E-state index in [9.17, 15) is 0 Å². The lowest BCUT2D eigenvalue weighted by Gasteiger charge is -2.16. The summed E-state index contributed by atoms with van der Waals surface area (Å²) in [5, 5.41) is 15.8. The van der Waals surface area contributed by atoms with Crippen LogP contribution in [0.2, 0.25) is 0 Å². The van der Waals surface area contributed by atoms with Crippen LogP contribution in [0.1, 0.15) is 22.3 Å². The molecular formula is C34H35N5. The number of nitrogens with zero attached hydrogens (tertiary/aromatic N) is 2. The number of nitrogens with one attached hydrogen (secondary N) is 3. The van der Waals surface area contributed by atoms with Crippen LogP contribution < -0.4 is 16.0 Å². The van der Waals surface area contributed by atoms with E-state index in [4.69, 9.17) is 9.97 Å². The summed E-state index contributed by atoms with van der Waals surface area (Å²) in [4.78, 5) is 9.81. The third kappa shape index (κ3) is 5.10. The molecule has 6 aromatic rings.